The Morgan fingerprint density at radius 1 is 1.41 bits per heavy atom. The van der Waals surface area contributed by atoms with Crippen LogP contribution in [0.15, 0.2) is 36.7 Å². The number of methoxy groups -OCH3 is 1. The lowest BCUT2D eigenvalue weighted by Crippen LogP contribution is -2.04. The van der Waals surface area contributed by atoms with Crippen molar-refractivity contribution in [3.63, 3.8) is 0 Å². The van der Waals surface area contributed by atoms with Gasteiger partial charge in [0.05, 0.1) is 31.1 Å². The molecule has 0 saturated heterocycles. The number of benzene rings is 1. The third kappa shape index (κ3) is 2.48. The highest BCUT2D eigenvalue weighted by Crippen LogP contribution is 2.34. The fourth-order valence-corrected chi connectivity index (χ4v) is 2.37. The summed E-state index contributed by atoms with van der Waals surface area (Å²) in [6.07, 6.45) is 5.38. The number of anilines is 1. The summed E-state index contributed by atoms with van der Waals surface area (Å²) in [5.74, 6) is 6.43. The van der Waals surface area contributed by atoms with Crippen LogP contribution in [-0.2, 0) is 4.79 Å². The maximum atomic E-state index is 12.2. The lowest BCUT2D eigenvalue weighted by atomic mass is 10.0. The number of nitrogens with two attached hydrogens (primary N) is 1. The van der Waals surface area contributed by atoms with Crippen molar-refractivity contribution in [2.75, 3.05) is 19.0 Å². The van der Waals surface area contributed by atoms with Crippen molar-refractivity contribution < 1.29 is 9.53 Å². The number of ether oxygens (including phenoxy) is 1. The molecule has 1 amide bonds. The molecule has 1 aromatic heterocycles. The van der Waals surface area contributed by atoms with E-state index in [4.69, 9.17) is 10.5 Å². The molecule has 3 rings (SSSR count). The number of nitrogens with zero attached hydrogens (tertiary/aromatic N) is 1. The first-order valence-corrected chi connectivity index (χ1v) is 6.80. The first kappa shape index (κ1) is 14.0. The lowest BCUT2D eigenvalue weighted by molar-refractivity contribution is -0.110. The molecule has 0 spiro atoms. The molecular formula is C17H15N3O2. The Labute approximate surface area is 128 Å². The molecule has 2 heterocycles. The molecule has 3 N–H and O–H groups in total. The molecular weight excluding hydrogens is 278 g/mol. The Kier molecular flexibility index (Phi) is 3.69. The van der Waals surface area contributed by atoms with Crippen LogP contribution in [0.5, 0.6) is 5.75 Å². The molecule has 0 saturated carbocycles. The van der Waals surface area contributed by atoms with Gasteiger partial charge in [-0.1, -0.05) is 17.9 Å². The zero-order valence-electron chi connectivity index (χ0n) is 12.1. The van der Waals surface area contributed by atoms with Crippen LogP contribution in [-0.4, -0.2) is 24.1 Å². The molecule has 0 bridgehead atoms. The van der Waals surface area contributed by atoms with Crippen molar-refractivity contribution in [3.05, 3.63) is 47.8 Å². The van der Waals surface area contributed by atoms with Crippen LogP contribution < -0.4 is 15.8 Å². The first-order valence-electron chi connectivity index (χ1n) is 6.80. The van der Waals surface area contributed by atoms with E-state index in [1.807, 2.05) is 30.5 Å². The molecule has 0 fully saturated rings. The summed E-state index contributed by atoms with van der Waals surface area (Å²) in [6, 6.07) is 7.43. The second-order valence-corrected chi connectivity index (χ2v) is 4.73. The summed E-state index contributed by atoms with van der Waals surface area (Å²) in [7, 11) is 1.60. The van der Waals surface area contributed by atoms with E-state index in [0.717, 1.165) is 22.6 Å². The number of hydrogen-bond acceptors (Lipinski definition) is 3. The van der Waals surface area contributed by atoms with Crippen LogP contribution in [0.2, 0.25) is 0 Å². The molecule has 1 aromatic carbocycles. The zero-order valence-corrected chi connectivity index (χ0v) is 12.1. The molecule has 0 atom stereocenters. The van der Waals surface area contributed by atoms with Crippen molar-refractivity contribution >= 4 is 23.4 Å². The molecule has 0 unspecified atom stereocenters. The molecule has 2 aromatic rings. The van der Waals surface area contributed by atoms with Crippen molar-refractivity contribution in [2.24, 2.45) is 5.73 Å². The van der Waals surface area contributed by atoms with Crippen molar-refractivity contribution in [2.45, 2.75) is 0 Å². The Morgan fingerprint density at radius 3 is 3.00 bits per heavy atom. The highest BCUT2D eigenvalue weighted by Gasteiger charge is 2.26. The van der Waals surface area contributed by atoms with Gasteiger partial charge >= 0.3 is 0 Å². The minimum atomic E-state index is -0.148. The highest BCUT2D eigenvalue weighted by atomic mass is 16.5. The Bertz CT molecular complexity index is 822. The minimum absolute atomic E-state index is 0.148. The van der Waals surface area contributed by atoms with Gasteiger partial charge in [0, 0.05) is 23.5 Å². The van der Waals surface area contributed by atoms with E-state index in [1.165, 1.54) is 0 Å². The number of fused-ring (bicyclic) bond motifs is 1. The van der Waals surface area contributed by atoms with E-state index in [2.05, 4.69) is 17.2 Å². The van der Waals surface area contributed by atoms with Gasteiger partial charge in [-0.25, -0.2) is 0 Å². The van der Waals surface area contributed by atoms with Gasteiger partial charge in [0.25, 0.3) is 5.91 Å². The van der Waals surface area contributed by atoms with Crippen molar-refractivity contribution in [3.8, 4) is 17.6 Å². The Hall–Kier alpha value is -2.97. The maximum Gasteiger partial charge on any atom is 0.257 e. The van der Waals surface area contributed by atoms with Crippen LogP contribution in [0.25, 0.3) is 11.8 Å². The molecule has 22 heavy (non-hydrogen) atoms. The van der Waals surface area contributed by atoms with Gasteiger partial charge < -0.3 is 20.4 Å². The van der Waals surface area contributed by atoms with Gasteiger partial charge in [-0.2, -0.15) is 0 Å². The summed E-state index contributed by atoms with van der Waals surface area (Å²) in [6.45, 7) is 0.277. The number of aromatic nitrogens is 1. The predicted octanol–water partition coefficient (Wildman–Crippen LogP) is 1.76. The normalized spacial score (nSPS) is 14.3. The maximum absolute atomic E-state index is 12.2. The summed E-state index contributed by atoms with van der Waals surface area (Å²) in [5, 5.41) is 2.85. The largest absolute Gasteiger partial charge is 0.495 e. The third-order valence-corrected chi connectivity index (χ3v) is 3.35. The number of rotatable bonds is 2. The van der Waals surface area contributed by atoms with E-state index < -0.39 is 0 Å². The molecule has 0 aliphatic carbocycles. The number of carbonyl (C=O) groups is 1. The van der Waals surface area contributed by atoms with Gasteiger partial charge in [-0.15, -0.1) is 0 Å². The topological polar surface area (TPSA) is 69.3 Å². The van der Waals surface area contributed by atoms with E-state index in [1.54, 1.807) is 24.1 Å². The predicted molar refractivity (Wildman–Crippen MR) is 86.2 cm³/mol. The van der Waals surface area contributed by atoms with Gasteiger partial charge in [-0.05, 0) is 18.2 Å². The molecule has 110 valence electrons. The highest BCUT2D eigenvalue weighted by molar-refractivity contribution is 6.34. The Balaban J connectivity index is 2.10. The molecule has 5 nitrogen and oxygen atoms in total. The number of hydrogen-bond donors (Lipinski definition) is 2. The van der Waals surface area contributed by atoms with Gasteiger partial charge in [0.2, 0.25) is 0 Å². The first-order chi connectivity index (χ1) is 10.7. The van der Waals surface area contributed by atoms with E-state index >= 15 is 0 Å². The SMILES string of the molecule is COc1ccn(C=C2C(=O)Nc3cccc(C#CCN)c32)c1. The second kappa shape index (κ2) is 5.80. The molecule has 1 aliphatic heterocycles. The molecule has 5 heteroatoms. The van der Waals surface area contributed by atoms with Crippen molar-refractivity contribution in [1.82, 2.24) is 4.57 Å². The lowest BCUT2D eigenvalue weighted by Gasteiger charge is -2.02. The van der Waals surface area contributed by atoms with E-state index in [0.29, 0.717) is 5.57 Å². The van der Waals surface area contributed by atoms with Crippen molar-refractivity contribution in [1.29, 1.82) is 0 Å². The number of amides is 1. The summed E-state index contributed by atoms with van der Waals surface area (Å²) in [4.78, 5) is 12.2. The summed E-state index contributed by atoms with van der Waals surface area (Å²) in [5.41, 5.74) is 8.36. The molecule has 0 radical (unpaired) electrons. The van der Waals surface area contributed by atoms with Crippen LogP contribution >= 0.6 is 0 Å². The van der Waals surface area contributed by atoms with Crippen LogP contribution in [0, 0.1) is 11.8 Å². The summed E-state index contributed by atoms with van der Waals surface area (Å²) < 4.78 is 6.93. The van der Waals surface area contributed by atoms with E-state index in [9.17, 15) is 4.79 Å². The monoisotopic (exact) mass is 293 g/mol. The third-order valence-electron chi connectivity index (χ3n) is 3.35. The fourth-order valence-electron chi connectivity index (χ4n) is 2.37. The van der Waals surface area contributed by atoms with Crippen LogP contribution in [0.3, 0.4) is 0 Å². The van der Waals surface area contributed by atoms with Gasteiger partial charge in [0.15, 0.2) is 0 Å². The van der Waals surface area contributed by atoms with Crippen LogP contribution in [0.1, 0.15) is 11.1 Å². The van der Waals surface area contributed by atoms with Gasteiger partial charge in [-0.3, -0.25) is 4.79 Å². The van der Waals surface area contributed by atoms with E-state index in [-0.39, 0.29) is 12.5 Å². The second-order valence-electron chi connectivity index (χ2n) is 4.73. The Morgan fingerprint density at radius 2 is 2.27 bits per heavy atom. The van der Waals surface area contributed by atoms with Crippen LogP contribution in [0.4, 0.5) is 5.69 Å². The quantitative estimate of drug-likeness (QED) is 0.655. The molecule has 1 aliphatic rings. The smallest absolute Gasteiger partial charge is 0.257 e. The number of nitrogens with one attached hydrogen (secondary N) is 1. The standard InChI is InChI=1S/C17H15N3O2/c1-22-13-7-9-20(10-13)11-14-16-12(5-3-8-18)4-2-6-15(16)19-17(14)21/h2,4,6-7,9-11H,8,18H2,1H3,(H,19,21). The number of carbonyl (C=O) groups excluding carboxylic acids is 1. The summed E-state index contributed by atoms with van der Waals surface area (Å²) >= 11 is 0. The van der Waals surface area contributed by atoms with Gasteiger partial charge in [0.1, 0.15) is 5.75 Å². The zero-order chi connectivity index (χ0) is 15.5. The average molecular weight is 293 g/mol. The average Bonchev–Trinajstić information content (AvgIpc) is 3.10. The fraction of sp³-hybridized carbons (Fsp3) is 0.118. The minimum Gasteiger partial charge on any atom is -0.495 e.